The van der Waals surface area contributed by atoms with Gasteiger partial charge in [0.15, 0.2) is 6.29 Å². The van der Waals surface area contributed by atoms with Crippen LogP contribution in [0.1, 0.15) is 111 Å². The Morgan fingerprint density at radius 1 is 0.833 bits per heavy atom. The van der Waals surface area contributed by atoms with Crippen molar-refractivity contribution in [3.8, 4) is 0 Å². The highest BCUT2D eigenvalue weighted by Gasteiger charge is 2.44. The van der Waals surface area contributed by atoms with E-state index in [2.05, 4.69) is 13.8 Å². The van der Waals surface area contributed by atoms with Crippen LogP contribution in [0.25, 0.3) is 0 Å². The summed E-state index contributed by atoms with van der Waals surface area (Å²) in [5.74, 6) is 2.08. The molecular formula is C26H46O4. The second-order valence-electron chi connectivity index (χ2n) is 10.7. The highest BCUT2D eigenvalue weighted by molar-refractivity contribution is 5.77. The maximum atomic E-state index is 12.9. The number of ether oxygens (including phenoxy) is 3. The highest BCUT2D eigenvalue weighted by Crippen LogP contribution is 2.38. The summed E-state index contributed by atoms with van der Waals surface area (Å²) in [6, 6.07) is 0. The summed E-state index contributed by atoms with van der Waals surface area (Å²) in [5.41, 5.74) is -0.659. The molecule has 174 valence electrons. The predicted octanol–water partition coefficient (Wildman–Crippen LogP) is 6.65. The molecule has 3 rings (SSSR count). The smallest absolute Gasteiger partial charge is 0.316 e. The molecule has 0 radical (unpaired) electrons. The van der Waals surface area contributed by atoms with Crippen LogP contribution in [0.5, 0.6) is 0 Å². The fourth-order valence-electron chi connectivity index (χ4n) is 5.68. The molecule has 0 bridgehead atoms. The van der Waals surface area contributed by atoms with Crippen LogP contribution >= 0.6 is 0 Å². The Balaban J connectivity index is 1.36. The molecule has 1 saturated heterocycles. The second kappa shape index (κ2) is 11.9. The molecule has 3 aliphatic rings. The van der Waals surface area contributed by atoms with Crippen LogP contribution in [0.3, 0.4) is 0 Å². The number of rotatable bonds is 9. The predicted molar refractivity (Wildman–Crippen MR) is 120 cm³/mol. The van der Waals surface area contributed by atoms with Gasteiger partial charge in [0.05, 0.1) is 13.2 Å². The zero-order valence-electron chi connectivity index (χ0n) is 19.8. The molecule has 1 heterocycles. The van der Waals surface area contributed by atoms with Crippen LogP contribution in [-0.4, -0.2) is 31.6 Å². The van der Waals surface area contributed by atoms with Gasteiger partial charge in [-0.15, -0.1) is 0 Å². The van der Waals surface area contributed by atoms with Gasteiger partial charge in [-0.1, -0.05) is 52.4 Å². The van der Waals surface area contributed by atoms with E-state index in [9.17, 15) is 4.79 Å². The molecule has 0 atom stereocenters. The van der Waals surface area contributed by atoms with E-state index in [-0.39, 0.29) is 18.4 Å². The molecule has 2 saturated carbocycles. The van der Waals surface area contributed by atoms with Crippen LogP contribution in [0.15, 0.2) is 0 Å². The molecule has 3 fully saturated rings. The third-order valence-corrected chi connectivity index (χ3v) is 7.88. The summed E-state index contributed by atoms with van der Waals surface area (Å²) in [5, 5.41) is 0. The van der Waals surface area contributed by atoms with E-state index in [0.717, 1.165) is 24.7 Å². The van der Waals surface area contributed by atoms with Crippen molar-refractivity contribution in [3.63, 3.8) is 0 Å². The summed E-state index contributed by atoms with van der Waals surface area (Å²) >= 11 is 0. The Morgan fingerprint density at radius 3 is 2.03 bits per heavy atom. The van der Waals surface area contributed by atoms with E-state index in [4.69, 9.17) is 14.2 Å². The lowest BCUT2D eigenvalue weighted by Crippen LogP contribution is -2.49. The van der Waals surface area contributed by atoms with Gasteiger partial charge in [-0.25, -0.2) is 0 Å². The van der Waals surface area contributed by atoms with Crippen LogP contribution in [0.4, 0.5) is 0 Å². The molecule has 1 aliphatic heterocycles. The van der Waals surface area contributed by atoms with E-state index < -0.39 is 5.41 Å². The molecule has 0 spiro atoms. The average molecular weight is 423 g/mol. The largest absolute Gasteiger partial charge is 0.462 e. The number of esters is 1. The molecule has 2 aliphatic carbocycles. The van der Waals surface area contributed by atoms with E-state index >= 15 is 0 Å². The van der Waals surface area contributed by atoms with Crippen molar-refractivity contribution in [3.05, 3.63) is 0 Å². The summed E-state index contributed by atoms with van der Waals surface area (Å²) in [6.45, 7) is 7.33. The first-order chi connectivity index (χ1) is 14.5. The zero-order valence-corrected chi connectivity index (χ0v) is 19.8. The molecule has 4 nitrogen and oxygen atoms in total. The van der Waals surface area contributed by atoms with Crippen molar-refractivity contribution in [1.29, 1.82) is 0 Å². The lowest BCUT2D eigenvalue weighted by Gasteiger charge is -2.41. The van der Waals surface area contributed by atoms with Gasteiger partial charge in [0, 0.05) is 5.92 Å². The quantitative estimate of drug-likeness (QED) is 0.308. The van der Waals surface area contributed by atoms with Gasteiger partial charge >= 0.3 is 5.97 Å². The SMILES string of the molecule is CCCCC[C@H]1CC[C@H](C2OCC(C)(C(=O)O[C@H]3CC[C@H](CCC)CC3)CO2)CC1. The number of hydrogen-bond donors (Lipinski definition) is 0. The molecule has 0 N–H and O–H groups in total. The van der Waals surface area contributed by atoms with Gasteiger partial charge < -0.3 is 14.2 Å². The summed E-state index contributed by atoms with van der Waals surface area (Å²) < 4.78 is 18.1. The van der Waals surface area contributed by atoms with Gasteiger partial charge in [0.25, 0.3) is 0 Å². The Kier molecular flexibility index (Phi) is 9.50. The lowest BCUT2D eigenvalue weighted by molar-refractivity contribution is -0.254. The third kappa shape index (κ3) is 6.69. The van der Waals surface area contributed by atoms with Gasteiger partial charge in [-0.05, 0) is 70.1 Å². The number of carbonyl (C=O) groups is 1. The molecule has 4 heteroatoms. The van der Waals surface area contributed by atoms with Crippen molar-refractivity contribution in [2.75, 3.05) is 13.2 Å². The van der Waals surface area contributed by atoms with E-state index in [1.165, 1.54) is 77.0 Å². The van der Waals surface area contributed by atoms with Gasteiger partial charge in [-0.3, -0.25) is 4.79 Å². The lowest BCUT2D eigenvalue weighted by atomic mass is 9.79. The Hall–Kier alpha value is -0.610. The minimum absolute atomic E-state index is 0.0862. The first-order valence-corrected chi connectivity index (χ1v) is 13.0. The maximum absolute atomic E-state index is 12.9. The minimum Gasteiger partial charge on any atom is -0.462 e. The fraction of sp³-hybridized carbons (Fsp3) is 0.962. The van der Waals surface area contributed by atoms with Crippen molar-refractivity contribution >= 4 is 5.97 Å². The fourth-order valence-corrected chi connectivity index (χ4v) is 5.68. The molecule has 0 aromatic heterocycles. The Labute approximate surface area is 184 Å². The number of unbranched alkanes of at least 4 members (excludes halogenated alkanes) is 2. The Bertz CT molecular complexity index is 495. The van der Waals surface area contributed by atoms with E-state index in [0.29, 0.717) is 19.1 Å². The number of hydrogen-bond acceptors (Lipinski definition) is 4. The van der Waals surface area contributed by atoms with Crippen LogP contribution < -0.4 is 0 Å². The van der Waals surface area contributed by atoms with Crippen LogP contribution in [-0.2, 0) is 19.0 Å². The van der Waals surface area contributed by atoms with Crippen molar-refractivity contribution in [1.82, 2.24) is 0 Å². The average Bonchev–Trinajstić information content (AvgIpc) is 2.77. The zero-order chi connectivity index (χ0) is 21.4. The first-order valence-electron chi connectivity index (χ1n) is 13.0. The van der Waals surface area contributed by atoms with Crippen LogP contribution in [0.2, 0.25) is 0 Å². The monoisotopic (exact) mass is 422 g/mol. The molecule has 0 aromatic carbocycles. The summed E-state index contributed by atoms with van der Waals surface area (Å²) in [4.78, 5) is 12.9. The molecule has 30 heavy (non-hydrogen) atoms. The highest BCUT2D eigenvalue weighted by atomic mass is 16.7. The summed E-state index contributed by atoms with van der Waals surface area (Å²) in [6.07, 6.45) is 17.4. The normalized spacial score (nSPS) is 37.6. The minimum atomic E-state index is -0.659. The molecular weight excluding hydrogens is 376 g/mol. The van der Waals surface area contributed by atoms with Gasteiger partial charge in [0.2, 0.25) is 0 Å². The van der Waals surface area contributed by atoms with Crippen LogP contribution in [0, 0.1) is 23.2 Å². The second-order valence-corrected chi connectivity index (χ2v) is 10.7. The first kappa shape index (κ1) is 24.0. The maximum Gasteiger partial charge on any atom is 0.316 e. The van der Waals surface area contributed by atoms with Crippen molar-refractivity contribution in [2.24, 2.45) is 23.2 Å². The van der Waals surface area contributed by atoms with Gasteiger partial charge in [0.1, 0.15) is 11.5 Å². The summed E-state index contributed by atoms with van der Waals surface area (Å²) in [7, 11) is 0. The topological polar surface area (TPSA) is 44.8 Å². The third-order valence-electron chi connectivity index (χ3n) is 7.88. The molecule has 0 unspecified atom stereocenters. The molecule has 0 amide bonds. The van der Waals surface area contributed by atoms with Gasteiger partial charge in [-0.2, -0.15) is 0 Å². The van der Waals surface area contributed by atoms with E-state index in [1.807, 2.05) is 6.92 Å². The molecule has 0 aromatic rings. The van der Waals surface area contributed by atoms with Crippen molar-refractivity contribution < 1.29 is 19.0 Å². The standard InChI is InChI=1S/C26H46O4/c1-4-6-7-9-21-10-14-22(15-11-21)24-28-18-26(3,19-29-24)25(27)30-23-16-12-20(8-5-2)13-17-23/h20-24H,4-19H2,1-3H3/t20-,21-,22-,23-,24?,26?. The Morgan fingerprint density at radius 2 is 1.43 bits per heavy atom. The number of carbonyl (C=O) groups excluding carboxylic acids is 1. The van der Waals surface area contributed by atoms with E-state index in [1.54, 1.807) is 0 Å². The van der Waals surface area contributed by atoms with Crippen molar-refractivity contribution in [2.45, 2.75) is 123 Å².